The number of piperidine rings is 1. The van der Waals surface area contributed by atoms with E-state index in [1.807, 2.05) is 17.0 Å². The highest BCUT2D eigenvalue weighted by atomic mass is 35.5. The first kappa shape index (κ1) is 17.8. The first-order valence-electron chi connectivity index (χ1n) is 9.03. The maximum Gasteiger partial charge on any atom is 0.291 e. The Morgan fingerprint density at radius 2 is 1.96 bits per heavy atom. The molecule has 5 nitrogen and oxygen atoms in total. The van der Waals surface area contributed by atoms with Crippen molar-refractivity contribution in [1.29, 1.82) is 0 Å². The van der Waals surface area contributed by atoms with Gasteiger partial charge in [0.25, 0.3) is 5.91 Å². The zero-order valence-corrected chi connectivity index (χ0v) is 15.9. The zero-order valence-electron chi connectivity index (χ0n) is 14.4. The fourth-order valence-electron chi connectivity index (χ4n) is 3.37. The van der Waals surface area contributed by atoms with Gasteiger partial charge in [-0.15, -0.1) is 0 Å². The second-order valence-electron chi connectivity index (χ2n) is 7.00. The van der Waals surface area contributed by atoms with Crippen molar-refractivity contribution in [1.82, 2.24) is 15.2 Å². The minimum Gasteiger partial charge on any atom is -0.435 e. The summed E-state index contributed by atoms with van der Waals surface area (Å²) in [5.74, 6) is 1.19. The molecule has 1 amide bonds. The Balaban J connectivity index is 1.50. The number of nitrogens with one attached hydrogen (secondary N) is 1. The van der Waals surface area contributed by atoms with Crippen molar-refractivity contribution < 1.29 is 9.21 Å². The lowest BCUT2D eigenvalue weighted by Crippen LogP contribution is -2.32. The van der Waals surface area contributed by atoms with Crippen LogP contribution >= 0.6 is 23.2 Å². The van der Waals surface area contributed by atoms with Crippen molar-refractivity contribution in [2.24, 2.45) is 0 Å². The Morgan fingerprint density at radius 3 is 2.65 bits per heavy atom. The van der Waals surface area contributed by atoms with Crippen molar-refractivity contribution in [3.63, 3.8) is 0 Å². The summed E-state index contributed by atoms with van der Waals surface area (Å²) in [5, 5.41) is 4.34. The van der Waals surface area contributed by atoms with Gasteiger partial charge in [0.2, 0.25) is 5.76 Å². The van der Waals surface area contributed by atoms with E-state index in [1.54, 1.807) is 12.3 Å². The maximum atomic E-state index is 13.0. The van der Waals surface area contributed by atoms with Crippen molar-refractivity contribution in [3.05, 3.63) is 51.7 Å². The summed E-state index contributed by atoms with van der Waals surface area (Å²) >= 11 is 12.1. The highest BCUT2D eigenvalue weighted by molar-refractivity contribution is 6.42. The predicted molar refractivity (Wildman–Crippen MR) is 101 cm³/mol. The van der Waals surface area contributed by atoms with E-state index in [4.69, 9.17) is 27.6 Å². The Kier molecular flexibility index (Phi) is 5.20. The maximum absolute atomic E-state index is 13.0. The molecule has 1 aliphatic heterocycles. The number of nitrogens with zero attached hydrogens (tertiary/aromatic N) is 2. The van der Waals surface area contributed by atoms with Crippen LogP contribution < -0.4 is 5.32 Å². The first-order valence-corrected chi connectivity index (χ1v) is 9.79. The van der Waals surface area contributed by atoms with Crippen LogP contribution in [0.4, 0.5) is 0 Å². The van der Waals surface area contributed by atoms with E-state index in [-0.39, 0.29) is 11.9 Å². The van der Waals surface area contributed by atoms with Crippen molar-refractivity contribution >= 4 is 29.1 Å². The van der Waals surface area contributed by atoms with Crippen LogP contribution in [0.25, 0.3) is 0 Å². The number of oxazole rings is 1. The monoisotopic (exact) mass is 393 g/mol. The van der Waals surface area contributed by atoms with E-state index in [0.717, 1.165) is 44.3 Å². The third kappa shape index (κ3) is 3.90. The molecule has 1 aromatic heterocycles. The highest BCUT2D eigenvalue weighted by Gasteiger charge is 2.35. The molecule has 2 heterocycles. The van der Waals surface area contributed by atoms with Gasteiger partial charge in [-0.1, -0.05) is 29.3 Å². The lowest BCUT2D eigenvalue weighted by atomic mass is 9.98. The van der Waals surface area contributed by atoms with Gasteiger partial charge in [-0.05, 0) is 56.5 Å². The number of carbonyl (C=O) groups is 1. The van der Waals surface area contributed by atoms with Crippen LogP contribution in [0.5, 0.6) is 0 Å². The van der Waals surface area contributed by atoms with Crippen LogP contribution in [0, 0.1) is 0 Å². The molecule has 0 radical (unpaired) electrons. The van der Waals surface area contributed by atoms with Gasteiger partial charge < -0.3 is 14.6 Å². The Bertz CT molecular complexity index is 798. The van der Waals surface area contributed by atoms with Crippen molar-refractivity contribution in [2.45, 2.75) is 44.2 Å². The number of hydrogen-bond donors (Lipinski definition) is 1. The molecule has 7 heteroatoms. The molecule has 2 fully saturated rings. The minimum absolute atomic E-state index is 0.105. The van der Waals surface area contributed by atoms with E-state index in [1.165, 1.54) is 0 Å². The minimum atomic E-state index is -0.105. The fraction of sp³-hybridized carbons (Fsp3) is 0.474. The Hall–Kier alpha value is -1.56. The standard InChI is InChI=1S/C19H21Cl2N3O2/c20-15-4-1-12(9-16(15)21)11-24(14-2-3-14)19(25)17-10-23-18(26-17)13-5-7-22-8-6-13/h1,4,9-10,13-14,22H,2-3,5-8,11H2. The molecule has 1 aliphatic carbocycles. The van der Waals surface area contributed by atoms with Crippen LogP contribution in [0.3, 0.4) is 0 Å². The van der Waals surface area contributed by atoms with E-state index >= 15 is 0 Å². The van der Waals surface area contributed by atoms with Gasteiger partial charge in [0.05, 0.1) is 16.2 Å². The van der Waals surface area contributed by atoms with Crippen LogP contribution in [0.1, 0.15) is 53.6 Å². The molecule has 138 valence electrons. The SMILES string of the molecule is O=C(c1cnc(C2CCNCC2)o1)N(Cc1ccc(Cl)c(Cl)c1)C1CC1. The molecule has 1 saturated carbocycles. The molecule has 0 atom stereocenters. The first-order chi connectivity index (χ1) is 12.6. The van der Waals surface area contributed by atoms with E-state index in [0.29, 0.717) is 34.2 Å². The number of amides is 1. The largest absolute Gasteiger partial charge is 0.435 e. The van der Waals surface area contributed by atoms with E-state index < -0.39 is 0 Å². The second-order valence-corrected chi connectivity index (χ2v) is 7.81. The van der Waals surface area contributed by atoms with Crippen LogP contribution in [-0.4, -0.2) is 34.9 Å². The average molecular weight is 394 g/mol. The molecule has 4 rings (SSSR count). The van der Waals surface area contributed by atoms with Gasteiger partial charge in [-0.3, -0.25) is 4.79 Å². The summed E-state index contributed by atoms with van der Waals surface area (Å²) in [5.41, 5.74) is 0.956. The molecule has 2 aliphatic rings. The number of hydrogen-bond acceptors (Lipinski definition) is 4. The fourth-order valence-corrected chi connectivity index (χ4v) is 3.69. The van der Waals surface area contributed by atoms with Gasteiger partial charge in [0.15, 0.2) is 5.89 Å². The van der Waals surface area contributed by atoms with Crippen LogP contribution in [0.15, 0.2) is 28.8 Å². The van der Waals surface area contributed by atoms with E-state index in [2.05, 4.69) is 10.3 Å². The normalized spacial score (nSPS) is 18.1. The van der Waals surface area contributed by atoms with Crippen molar-refractivity contribution in [2.75, 3.05) is 13.1 Å². The van der Waals surface area contributed by atoms with Gasteiger partial charge >= 0.3 is 0 Å². The molecule has 0 unspecified atom stereocenters. The summed E-state index contributed by atoms with van der Waals surface area (Å²) < 4.78 is 5.85. The molecule has 2 aromatic rings. The lowest BCUT2D eigenvalue weighted by molar-refractivity contribution is 0.0694. The number of halogens is 2. The molecule has 1 aromatic carbocycles. The van der Waals surface area contributed by atoms with Gasteiger partial charge in [0.1, 0.15) is 0 Å². The van der Waals surface area contributed by atoms with Gasteiger partial charge in [0, 0.05) is 18.5 Å². The van der Waals surface area contributed by atoms with Crippen molar-refractivity contribution in [3.8, 4) is 0 Å². The highest BCUT2D eigenvalue weighted by Crippen LogP contribution is 2.32. The zero-order chi connectivity index (χ0) is 18.1. The topological polar surface area (TPSA) is 58.4 Å². The quantitative estimate of drug-likeness (QED) is 0.824. The third-order valence-corrected chi connectivity index (χ3v) is 5.75. The molecule has 0 bridgehead atoms. The summed E-state index contributed by atoms with van der Waals surface area (Å²) in [6.07, 6.45) is 5.59. The number of carbonyl (C=O) groups excluding carboxylic acids is 1. The molecular weight excluding hydrogens is 373 g/mol. The number of aromatic nitrogens is 1. The van der Waals surface area contributed by atoms with Crippen LogP contribution in [-0.2, 0) is 6.54 Å². The third-order valence-electron chi connectivity index (χ3n) is 5.01. The molecule has 1 N–H and O–H groups in total. The van der Waals surface area contributed by atoms with E-state index in [9.17, 15) is 4.79 Å². The average Bonchev–Trinajstić information content (AvgIpc) is 3.38. The summed E-state index contributed by atoms with van der Waals surface area (Å²) in [6, 6.07) is 5.73. The number of benzene rings is 1. The molecule has 26 heavy (non-hydrogen) atoms. The van der Waals surface area contributed by atoms with Gasteiger partial charge in [-0.2, -0.15) is 0 Å². The molecule has 1 saturated heterocycles. The van der Waals surface area contributed by atoms with Crippen LogP contribution in [0.2, 0.25) is 10.0 Å². The predicted octanol–water partition coefficient (Wildman–Crippen LogP) is 4.25. The Morgan fingerprint density at radius 1 is 1.19 bits per heavy atom. The molecule has 0 spiro atoms. The summed E-state index contributed by atoms with van der Waals surface area (Å²) in [7, 11) is 0. The number of rotatable bonds is 5. The lowest BCUT2D eigenvalue weighted by Gasteiger charge is -2.22. The molecular formula is C19H21Cl2N3O2. The summed E-state index contributed by atoms with van der Waals surface area (Å²) in [4.78, 5) is 19.2. The Labute approximate surface area is 162 Å². The smallest absolute Gasteiger partial charge is 0.291 e. The summed E-state index contributed by atoms with van der Waals surface area (Å²) in [6.45, 7) is 2.41. The van der Waals surface area contributed by atoms with Gasteiger partial charge in [-0.25, -0.2) is 4.98 Å². The second kappa shape index (κ2) is 7.59.